The Labute approximate surface area is 138 Å². The van der Waals surface area contributed by atoms with Crippen molar-refractivity contribution in [3.8, 4) is 5.75 Å². The molecule has 0 N–H and O–H groups in total. The highest BCUT2D eigenvalue weighted by molar-refractivity contribution is 5.94. The number of alkyl halides is 3. The van der Waals surface area contributed by atoms with Gasteiger partial charge in [0, 0.05) is 18.7 Å². The molecule has 0 radical (unpaired) electrons. The highest BCUT2D eigenvalue weighted by Gasteiger charge is 2.42. The van der Waals surface area contributed by atoms with Crippen molar-refractivity contribution >= 4 is 11.7 Å². The van der Waals surface area contributed by atoms with Crippen LogP contribution in [-0.2, 0) is 4.79 Å². The maximum Gasteiger partial charge on any atom is 0.393 e. The first-order chi connectivity index (χ1) is 11.3. The molecular weight excluding hydrogens is 323 g/mol. The number of hydrogen-bond donors (Lipinski definition) is 0. The van der Waals surface area contributed by atoms with Crippen LogP contribution in [0.3, 0.4) is 0 Å². The number of nitrogens with zero attached hydrogens (tertiary/aromatic N) is 1. The van der Waals surface area contributed by atoms with Crippen LogP contribution in [0.1, 0.15) is 36.5 Å². The van der Waals surface area contributed by atoms with Gasteiger partial charge in [0.15, 0.2) is 5.78 Å². The van der Waals surface area contributed by atoms with Gasteiger partial charge in [0.05, 0.1) is 18.9 Å². The molecule has 2 rings (SSSR count). The summed E-state index contributed by atoms with van der Waals surface area (Å²) >= 11 is 0. The zero-order chi connectivity index (χ0) is 17.7. The van der Waals surface area contributed by atoms with Crippen molar-refractivity contribution < 1.29 is 27.5 Å². The zero-order valence-electron chi connectivity index (χ0n) is 13.4. The average Bonchev–Trinajstić information content (AvgIpc) is 2.54. The zero-order valence-corrected chi connectivity index (χ0v) is 13.4. The van der Waals surface area contributed by atoms with E-state index in [2.05, 4.69) is 0 Å². The summed E-state index contributed by atoms with van der Waals surface area (Å²) < 4.78 is 43.7. The Kier molecular flexibility index (Phi) is 5.85. The molecule has 1 aliphatic heterocycles. The topological polar surface area (TPSA) is 46.6 Å². The van der Waals surface area contributed by atoms with Crippen LogP contribution in [0.4, 0.5) is 13.2 Å². The van der Waals surface area contributed by atoms with Gasteiger partial charge >= 0.3 is 6.18 Å². The van der Waals surface area contributed by atoms with Crippen LogP contribution in [-0.4, -0.2) is 42.5 Å². The van der Waals surface area contributed by atoms with E-state index in [0.29, 0.717) is 24.3 Å². The number of Topliss-reactive ketones (excluding diaryl/α,β-unsaturated/α-hetero) is 1. The monoisotopic (exact) mass is 343 g/mol. The Morgan fingerprint density at radius 2 is 1.92 bits per heavy atom. The number of amides is 1. The second kappa shape index (κ2) is 7.68. The summed E-state index contributed by atoms with van der Waals surface area (Å²) in [6.07, 6.45) is -3.79. The highest BCUT2D eigenvalue weighted by Crippen LogP contribution is 2.33. The Bertz CT molecular complexity index is 584. The van der Waals surface area contributed by atoms with Gasteiger partial charge in [-0.3, -0.25) is 9.59 Å². The van der Waals surface area contributed by atoms with E-state index < -0.39 is 12.1 Å². The molecule has 0 aromatic heterocycles. The number of likely N-dealkylation sites (tertiary alicyclic amines) is 1. The number of ether oxygens (including phenoxy) is 1. The third-order valence-corrected chi connectivity index (χ3v) is 4.08. The van der Waals surface area contributed by atoms with Crippen LogP contribution in [0.15, 0.2) is 24.3 Å². The van der Waals surface area contributed by atoms with Crippen molar-refractivity contribution in [2.45, 2.75) is 32.4 Å². The first-order valence-electron chi connectivity index (χ1n) is 7.85. The highest BCUT2D eigenvalue weighted by atomic mass is 19.4. The van der Waals surface area contributed by atoms with Gasteiger partial charge in [-0.05, 0) is 44.0 Å². The summed E-state index contributed by atoms with van der Waals surface area (Å²) in [6, 6.07) is 6.50. The fraction of sp³-hybridized carbons (Fsp3) is 0.529. The van der Waals surface area contributed by atoms with Gasteiger partial charge < -0.3 is 9.64 Å². The van der Waals surface area contributed by atoms with Gasteiger partial charge in [-0.1, -0.05) is 0 Å². The van der Waals surface area contributed by atoms with Gasteiger partial charge in [0.1, 0.15) is 5.75 Å². The van der Waals surface area contributed by atoms with Crippen LogP contribution in [0, 0.1) is 5.92 Å². The Morgan fingerprint density at radius 3 is 2.50 bits per heavy atom. The quantitative estimate of drug-likeness (QED) is 0.769. The second-order valence-electron chi connectivity index (χ2n) is 5.90. The van der Waals surface area contributed by atoms with E-state index in [0.717, 1.165) is 0 Å². The third kappa shape index (κ3) is 4.97. The maximum atomic E-state index is 12.8. The fourth-order valence-electron chi connectivity index (χ4n) is 2.67. The molecule has 4 nitrogen and oxygen atoms in total. The van der Waals surface area contributed by atoms with Crippen LogP contribution >= 0.6 is 0 Å². The molecule has 132 valence electrons. The van der Waals surface area contributed by atoms with Gasteiger partial charge in [0.2, 0.25) is 5.91 Å². The first kappa shape index (κ1) is 18.3. The van der Waals surface area contributed by atoms with Crippen molar-refractivity contribution in [1.82, 2.24) is 4.90 Å². The molecule has 0 aliphatic carbocycles. The molecule has 1 heterocycles. The van der Waals surface area contributed by atoms with E-state index in [9.17, 15) is 22.8 Å². The summed E-state index contributed by atoms with van der Waals surface area (Å²) in [5, 5.41) is 0. The molecule has 7 heteroatoms. The first-order valence-corrected chi connectivity index (χ1v) is 7.85. The summed E-state index contributed by atoms with van der Waals surface area (Å²) in [5.41, 5.74) is 0.560. The number of rotatable bonds is 5. The molecule has 24 heavy (non-hydrogen) atoms. The molecule has 1 aromatic rings. The molecule has 1 saturated heterocycles. The Balaban J connectivity index is 1.79. The SMILES string of the molecule is CC(=O)c1ccc(OCCC(=O)N2CCC[C@H](C(F)(F)F)C2)cc1. The number of hydrogen-bond acceptors (Lipinski definition) is 3. The smallest absolute Gasteiger partial charge is 0.393 e. The van der Waals surface area contributed by atoms with E-state index in [4.69, 9.17) is 4.74 Å². The minimum absolute atomic E-state index is 0.0268. The minimum atomic E-state index is -4.26. The summed E-state index contributed by atoms with van der Waals surface area (Å²) in [4.78, 5) is 24.5. The molecule has 1 amide bonds. The van der Waals surface area contributed by atoms with E-state index in [-0.39, 0.29) is 37.7 Å². The number of ketones is 1. The lowest BCUT2D eigenvalue weighted by atomic mass is 9.97. The number of benzene rings is 1. The molecular formula is C17H20F3NO3. The van der Waals surface area contributed by atoms with Gasteiger partial charge in [0.25, 0.3) is 0 Å². The molecule has 1 atom stereocenters. The summed E-state index contributed by atoms with van der Waals surface area (Å²) in [7, 11) is 0. The summed E-state index contributed by atoms with van der Waals surface area (Å²) in [5.74, 6) is -1.31. The van der Waals surface area contributed by atoms with Crippen molar-refractivity contribution in [2.24, 2.45) is 5.92 Å². The lowest BCUT2D eigenvalue weighted by molar-refractivity contribution is -0.188. The number of halogens is 3. The van der Waals surface area contributed by atoms with Crippen molar-refractivity contribution in [1.29, 1.82) is 0 Å². The van der Waals surface area contributed by atoms with Crippen molar-refractivity contribution in [3.63, 3.8) is 0 Å². The van der Waals surface area contributed by atoms with Crippen LogP contribution in [0.2, 0.25) is 0 Å². The van der Waals surface area contributed by atoms with Crippen LogP contribution in [0.25, 0.3) is 0 Å². The van der Waals surface area contributed by atoms with E-state index in [1.54, 1.807) is 24.3 Å². The largest absolute Gasteiger partial charge is 0.493 e. The number of piperidine rings is 1. The molecule has 1 aliphatic rings. The van der Waals surface area contributed by atoms with Gasteiger partial charge in [-0.25, -0.2) is 0 Å². The van der Waals surface area contributed by atoms with Crippen molar-refractivity contribution in [2.75, 3.05) is 19.7 Å². The molecule has 0 saturated carbocycles. The molecule has 0 spiro atoms. The average molecular weight is 343 g/mol. The van der Waals surface area contributed by atoms with Crippen LogP contribution in [0.5, 0.6) is 5.75 Å². The minimum Gasteiger partial charge on any atom is -0.493 e. The van der Waals surface area contributed by atoms with Gasteiger partial charge in [-0.2, -0.15) is 13.2 Å². The second-order valence-corrected chi connectivity index (χ2v) is 5.90. The van der Waals surface area contributed by atoms with Gasteiger partial charge in [-0.15, -0.1) is 0 Å². The Hall–Kier alpha value is -2.05. The van der Waals surface area contributed by atoms with E-state index in [1.165, 1.54) is 11.8 Å². The summed E-state index contributed by atoms with van der Waals surface area (Å²) in [6.45, 7) is 1.64. The van der Waals surface area contributed by atoms with E-state index >= 15 is 0 Å². The van der Waals surface area contributed by atoms with E-state index in [1.807, 2.05) is 0 Å². The maximum absolute atomic E-state index is 12.8. The number of carbonyl (C=O) groups excluding carboxylic acids is 2. The Morgan fingerprint density at radius 1 is 1.25 bits per heavy atom. The lowest BCUT2D eigenvalue weighted by Crippen LogP contribution is -2.44. The standard InChI is InChI=1S/C17H20F3NO3/c1-12(22)13-4-6-15(7-5-13)24-10-8-16(23)21-9-2-3-14(11-21)17(18,19)20/h4-7,14H,2-3,8-11H2,1H3/t14-/m0/s1. The predicted octanol–water partition coefficient (Wildman–Crippen LogP) is 3.46. The normalized spacial score (nSPS) is 18.3. The molecule has 0 bridgehead atoms. The molecule has 0 unspecified atom stereocenters. The van der Waals surface area contributed by atoms with Crippen LogP contribution < -0.4 is 4.74 Å². The molecule has 1 fully saturated rings. The number of carbonyl (C=O) groups is 2. The lowest BCUT2D eigenvalue weighted by Gasteiger charge is -2.33. The third-order valence-electron chi connectivity index (χ3n) is 4.08. The molecule has 1 aromatic carbocycles. The predicted molar refractivity (Wildman–Crippen MR) is 81.9 cm³/mol. The fourth-order valence-corrected chi connectivity index (χ4v) is 2.67. The van der Waals surface area contributed by atoms with Crippen molar-refractivity contribution in [3.05, 3.63) is 29.8 Å².